The topological polar surface area (TPSA) is 194 Å². The van der Waals surface area contributed by atoms with Crippen molar-refractivity contribution in [3.63, 3.8) is 0 Å². The summed E-state index contributed by atoms with van der Waals surface area (Å²) in [6.07, 6.45) is -0.834. The van der Waals surface area contributed by atoms with Crippen molar-refractivity contribution < 1.29 is 59.3 Å². The van der Waals surface area contributed by atoms with Crippen LogP contribution in [0, 0.1) is 11.8 Å². The lowest BCUT2D eigenvalue weighted by atomic mass is 10.4. The number of carboxylic acids is 1. The van der Waals surface area contributed by atoms with Crippen molar-refractivity contribution in [2.75, 3.05) is 13.3 Å². The van der Waals surface area contributed by atoms with E-state index >= 15 is 0 Å². The second-order valence-corrected chi connectivity index (χ2v) is 13.2. The summed E-state index contributed by atoms with van der Waals surface area (Å²) in [5, 5.41) is 18.3. The van der Waals surface area contributed by atoms with Gasteiger partial charge in [-0.1, -0.05) is 49.9 Å². The zero-order valence-corrected chi connectivity index (χ0v) is 25.9. The van der Waals surface area contributed by atoms with Crippen molar-refractivity contribution >= 4 is 37.5 Å². The van der Waals surface area contributed by atoms with Gasteiger partial charge < -0.3 is 14.9 Å². The molecule has 45 heavy (non-hydrogen) atoms. The number of aliphatic hydroxyl groups excluding tert-OH is 1. The predicted molar refractivity (Wildman–Crippen MR) is 154 cm³/mol. The maximum absolute atomic E-state index is 14.3. The van der Waals surface area contributed by atoms with Gasteiger partial charge in [-0.2, -0.15) is 9.50 Å². The average molecular weight is 679 g/mol. The van der Waals surface area contributed by atoms with Gasteiger partial charge in [0, 0.05) is 12.8 Å². The Bertz CT molecular complexity index is 1560. The molecule has 2 fully saturated rings. The Morgan fingerprint density at radius 3 is 1.84 bits per heavy atom. The number of alkyl halides is 2. The Balaban J connectivity index is 0.000000324. The molecule has 2 aromatic rings. The van der Waals surface area contributed by atoms with Crippen LogP contribution in [-0.4, -0.2) is 69.4 Å². The molecule has 0 heterocycles. The highest BCUT2D eigenvalue weighted by Gasteiger charge is 2.69. The van der Waals surface area contributed by atoms with E-state index in [2.05, 4.69) is 21.5 Å². The van der Waals surface area contributed by atoms with Crippen LogP contribution < -0.4 is 0 Å². The Hall–Kier alpha value is -3.96. The third kappa shape index (κ3) is 11.5. The molecule has 0 spiro atoms. The van der Waals surface area contributed by atoms with Crippen molar-refractivity contribution in [3.05, 3.63) is 72.4 Å². The lowest BCUT2D eigenvalue weighted by Gasteiger charge is -2.09. The van der Waals surface area contributed by atoms with Crippen LogP contribution in [-0.2, 0) is 38.8 Å². The van der Waals surface area contributed by atoms with Crippen LogP contribution in [0.15, 0.2) is 92.4 Å². The fraction of sp³-hybridized carbons (Fsp3) is 0.393. The number of azo groups is 1. The average Bonchev–Trinajstić information content (AvgIpc) is 3.94. The number of benzene rings is 2. The summed E-state index contributed by atoms with van der Waals surface area (Å²) in [7, 11) is -8.08. The molecular weight excluding hydrogens is 645 g/mol. The number of aliphatic carboxylic acids is 1. The van der Waals surface area contributed by atoms with Crippen molar-refractivity contribution in [3.8, 4) is 0 Å². The molecule has 0 bridgehead atoms. The van der Waals surface area contributed by atoms with Crippen LogP contribution >= 0.6 is 0 Å². The number of sulfone groups is 2. The van der Waals surface area contributed by atoms with Gasteiger partial charge in [-0.15, -0.1) is 5.11 Å². The standard InChI is InChI=1S/C12H13FO4S.C8H7FO2S.C4H5FO2.C4H8N2O2/c1-2-17-11(14)10-8-12(10,13)18(15,16)9-6-4-3-5-7-9;1-7(9)12(10,11)8-5-3-2-4-6-8;5-3-1-2(3)4(6)7;1-2-4(8)6-5-3-7/h3-7,10H,2,8H2,1H3;2-6H,1H2;2-3H,1H2,(H,6,7);7H,2-3H2,1H3. The van der Waals surface area contributed by atoms with Gasteiger partial charge in [0.1, 0.15) is 12.1 Å². The smallest absolute Gasteiger partial charge is 0.313 e. The molecule has 2 aromatic carbocycles. The van der Waals surface area contributed by atoms with Crippen LogP contribution in [0.1, 0.15) is 33.1 Å². The van der Waals surface area contributed by atoms with Gasteiger partial charge in [0.15, 0.2) is 6.73 Å². The number of carboxylic acid groups (broad SMARTS) is 1. The number of halogens is 3. The number of hydrogen-bond acceptors (Lipinski definition) is 10. The number of aliphatic hydroxyl groups is 1. The zero-order chi connectivity index (χ0) is 34.4. The van der Waals surface area contributed by atoms with Gasteiger partial charge in [0.05, 0.1) is 22.3 Å². The highest BCUT2D eigenvalue weighted by atomic mass is 32.2. The first-order valence-electron chi connectivity index (χ1n) is 13.2. The summed E-state index contributed by atoms with van der Waals surface area (Å²) < 4.78 is 89.2. The zero-order valence-electron chi connectivity index (χ0n) is 24.3. The van der Waals surface area contributed by atoms with Gasteiger partial charge in [-0.25, -0.2) is 25.6 Å². The van der Waals surface area contributed by atoms with E-state index in [9.17, 15) is 44.4 Å². The Kier molecular flexibility index (Phi) is 15.2. The first-order chi connectivity index (χ1) is 21.0. The van der Waals surface area contributed by atoms with Gasteiger partial charge in [-0.3, -0.25) is 14.4 Å². The molecule has 2 aliphatic carbocycles. The van der Waals surface area contributed by atoms with Gasteiger partial charge in [-0.05, 0) is 37.6 Å². The van der Waals surface area contributed by atoms with E-state index in [0.29, 0.717) is 6.42 Å². The maximum Gasteiger partial charge on any atom is 0.313 e. The molecule has 2 saturated carbocycles. The van der Waals surface area contributed by atoms with Gasteiger partial charge in [0.2, 0.25) is 29.8 Å². The van der Waals surface area contributed by atoms with Crippen LogP contribution in [0.25, 0.3) is 0 Å². The molecule has 4 atom stereocenters. The quantitative estimate of drug-likeness (QED) is 0.284. The number of ether oxygens (including phenoxy) is 1. The normalized spacial score (nSPS) is 21.3. The number of carbonyl (C=O) groups excluding carboxylic acids is 2. The van der Waals surface area contributed by atoms with E-state index in [1.165, 1.54) is 48.5 Å². The summed E-state index contributed by atoms with van der Waals surface area (Å²) in [6.45, 7) is 5.71. The molecule has 17 heteroatoms. The number of carbonyl (C=O) groups is 3. The first-order valence-corrected chi connectivity index (χ1v) is 16.2. The Morgan fingerprint density at radius 1 is 1.00 bits per heavy atom. The molecule has 0 radical (unpaired) electrons. The third-order valence-electron chi connectivity index (χ3n) is 5.84. The van der Waals surface area contributed by atoms with E-state index in [1.807, 2.05) is 0 Å². The van der Waals surface area contributed by atoms with E-state index in [-0.39, 0.29) is 35.1 Å². The number of rotatable bonds is 9. The fourth-order valence-corrected chi connectivity index (χ4v) is 5.68. The molecule has 4 unspecified atom stereocenters. The van der Waals surface area contributed by atoms with Crippen molar-refractivity contribution in [2.45, 2.75) is 54.1 Å². The van der Waals surface area contributed by atoms with E-state index < -0.39 is 66.5 Å². The molecule has 248 valence electrons. The summed E-state index contributed by atoms with van der Waals surface area (Å²) in [5.41, 5.74) is 0. The summed E-state index contributed by atoms with van der Waals surface area (Å²) >= 11 is 0. The molecule has 0 aromatic heterocycles. The summed E-state index contributed by atoms with van der Waals surface area (Å²) in [6, 6.07) is 14.6. The van der Waals surface area contributed by atoms with Crippen molar-refractivity contribution in [2.24, 2.45) is 22.1 Å². The molecule has 4 rings (SSSR count). The lowest BCUT2D eigenvalue weighted by molar-refractivity contribution is -0.145. The minimum absolute atomic E-state index is 0.0718. The Morgan fingerprint density at radius 2 is 1.49 bits per heavy atom. The lowest BCUT2D eigenvalue weighted by Crippen LogP contribution is -2.24. The minimum Gasteiger partial charge on any atom is -0.481 e. The minimum atomic E-state index is -4.15. The Labute approximate surface area is 258 Å². The highest BCUT2D eigenvalue weighted by molar-refractivity contribution is 7.95. The molecule has 2 N–H and O–H groups in total. The number of nitrogens with zero attached hydrogens (tertiary/aromatic N) is 2. The maximum atomic E-state index is 14.3. The first kappa shape index (κ1) is 39.1. The van der Waals surface area contributed by atoms with E-state index in [4.69, 9.17) is 10.2 Å². The van der Waals surface area contributed by atoms with Crippen LogP contribution in [0.4, 0.5) is 13.2 Å². The number of hydrogen-bond donors (Lipinski definition) is 2. The number of esters is 1. The van der Waals surface area contributed by atoms with E-state index in [0.717, 1.165) is 0 Å². The van der Waals surface area contributed by atoms with Gasteiger partial charge >= 0.3 is 11.9 Å². The number of amides is 1. The molecular formula is C28H33F3N2O10S2. The second-order valence-electron chi connectivity index (χ2n) is 9.11. The molecule has 0 saturated heterocycles. The fourth-order valence-electron chi connectivity index (χ4n) is 3.14. The highest BCUT2D eigenvalue weighted by Crippen LogP contribution is 2.54. The molecule has 1 amide bonds. The second kappa shape index (κ2) is 17.5. The van der Waals surface area contributed by atoms with Crippen LogP contribution in [0.2, 0.25) is 0 Å². The molecule has 0 aliphatic heterocycles. The summed E-state index contributed by atoms with van der Waals surface area (Å²) in [4.78, 5) is 31.1. The predicted octanol–water partition coefficient (Wildman–Crippen LogP) is 4.36. The van der Waals surface area contributed by atoms with Gasteiger partial charge in [0.25, 0.3) is 5.91 Å². The molecule has 12 nitrogen and oxygen atoms in total. The summed E-state index contributed by atoms with van der Waals surface area (Å²) in [5.74, 6) is -3.99. The van der Waals surface area contributed by atoms with Crippen LogP contribution in [0.5, 0.6) is 0 Å². The van der Waals surface area contributed by atoms with Crippen LogP contribution in [0.3, 0.4) is 0 Å². The molecule has 2 aliphatic rings. The third-order valence-corrected chi connectivity index (χ3v) is 9.55. The van der Waals surface area contributed by atoms with E-state index in [1.54, 1.807) is 26.0 Å². The SMILES string of the molecule is C=C(F)S(=O)(=O)c1ccccc1.CCC(=O)N=NCO.CCOC(=O)C1CC1(F)S(=O)(=O)c1ccccc1.O=C(O)C1CC1F. The van der Waals surface area contributed by atoms with Crippen molar-refractivity contribution in [1.82, 2.24) is 0 Å². The monoisotopic (exact) mass is 678 g/mol. The largest absolute Gasteiger partial charge is 0.481 e. The van der Waals surface area contributed by atoms with Crippen molar-refractivity contribution in [1.29, 1.82) is 0 Å².